The predicted octanol–water partition coefficient (Wildman–Crippen LogP) is -0.552. The predicted molar refractivity (Wildman–Crippen MR) is 50.1 cm³/mol. The molecule has 0 amide bonds. The molecule has 0 radical (unpaired) electrons. The fourth-order valence-electron chi connectivity index (χ4n) is 1.37. The first kappa shape index (κ1) is 11.4. The number of carboxylic acids is 1. The van der Waals surface area contributed by atoms with Gasteiger partial charge in [-0.1, -0.05) is 6.92 Å². The summed E-state index contributed by atoms with van der Waals surface area (Å²) in [5.41, 5.74) is 0.156. The van der Waals surface area contributed by atoms with E-state index in [9.17, 15) is 9.90 Å². The fourth-order valence-corrected chi connectivity index (χ4v) is 1.37. The van der Waals surface area contributed by atoms with Crippen LogP contribution < -0.4 is 5.32 Å². The van der Waals surface area contributed by atoms with Gasteiger partial charge in [0.25, 0.3) is 0 Å². The number of hydrogen-bond donors (Lipinski definition) is 3. The van der Waals surface area contributed by atoms with Crippen LogP contribution >= 0.6 is 0 Å². The largest absolute Gasteiger partial charge is 0.481 e. The number of aliphatic carboxylic acids is 1. The molecule has 1 rings (SSSR count). The molecule has 14 heavy (non-hydrogen) atoms. The molecule has 0 aromatic rings. The van der Waals surface area contributed by atoms with Crippen LogP contribution in [0.15, 0.2) is 0 Å². The molecule has 1 unspecified atom stereocenters. The Bertz CT molecular complexity index is 203. The van der Waals surface area contributed by atoms with Crippen LogP contribution in [0.3, 0.4) is 0 Å². The number of aliphatic hydroxyl groups excluding tert-OH is 1. The SMILES string of the molecule is CC1(CNCC(O)CC(=O)O)COC1. The van der Waals surface area contributed by atoms with E-state index < -0.39 is 12.1 Å². The van der Waals surface area contributed by atoms with Crippen molar-refractivity contribution in [3.8, 4) is 0 Å². The van der Waals surface area contributed by atoms with Gasteiger partial charge in [-0.2, -0.15) is 0 Å². The van der Waals surface area contributed by atoms with Gasteiger partial charge in [0.2, 0.25) is 0 Å². The highest BCUT2D eigenvalue weighted by atomic mass is 16.5. The van der Waals surface area contributed by atoms with Gasteiger partial charge in [0, 0.05) is 18.5 Å². The second kappa shape index (κ2) is 4.72. The first-order valence-electron chi connectivity index (χ1n) is 4.70. The van der Waals surface area contributed by atoms with Crippen LogP contribution in [0.5, 0.6) is 0 Å². The van der Waals surface area contributed by atoms with Crippen molar-refractivity contribution in [2.75, 3.05) is 26.3 Å². The van der Waals surface area contributed by atoms with E-state index in [0.717, 1.165) is 19.8 Å². The molecular formula is C9H17NO4. The second-order valence-electron chi connectivity index (χ2n) is 4.19. The topological polar surface area (TPSA) is 78.8 Å². The standard InChI is InChI=1S/C9H17NO4/c1-9(5-14-6-9)4-10-3-7(11)2-8(12)13/h7,10-11H,2-6H2,1H3,(H,12,13). The normalized spacial score (nSPS) is 21.3. The average Bonchev–Trinajstić information content (AvgIpc) is 1.99. The highest BCUT2D eigenvalue weighted by Crippen LogP contribution is 2.24. The molecule has 1 aliphatic rings. The smallest absolute Gasteiger partial charge is 0.306 e. The maximum absolute atomic E-state index is 10.2. The average molecular weight is 203 g/mol. The van der Waals surface area contributed by atoms with Gasteiger partial charge in [-0.15, -0.1) is 0 Å². The van der Waals surface area contributed by atoms with Gasteiger partial charge in [-0.05, 0) is 0 Å². The zero-order valence-corrected chi connectivity index (χ0v) is 8.32. The number of nitrogens with one attached hydrogen (secondary N) is 1. The lowest BCUT2D eigenvalue weighted by Gasteiger charge is -2.38. The van der Waals surface area contributed by atoms with Crippen LogP contribution in [0, 0.1) is 5.41 Å². The first-order chi connectivity index (χ1) is 6.52. The van der Waals surface area contributed by atoms with Crippen LogP contribution in [-0.4, -0.2) is 48.6 Å². The third-order valence-electron chi connectivity index (χ3n) is 2.24. The van der Waals surface area contributed by atoms with Gasteiger partial charge in [0.1, 0.15) is 0 Å². The van der Waals surface area contributed by atoms with Gasteiger partial charge < -0.3 is 20.3 Å². The Balaban J connectivity index is 2.05. The number of aliphatic hydroxyl groups is 1. The molecule has 0 saturated carbocycles. The maximum atomic E-state index is 10.2. The summed E-state index contributed by atoms with van der Waals surface area (Å²) in [7, 11) is 0. The highest BCUT2D eigenvalue weighted by molar-refractivity contribution is 5.67. The molecule has 3 N–H and O–H groups in total. The van der Waals surface area contributed by atoms with Crippen molar-refractivity contribution in [3.05, 3.63) is 0 Å². The summed E-state index contributed by atoms with van der Waals surface area (Å²) in [6, 6.07) is 0. The first-order valence-corrected chi connectivity index (χ1v) is 4.70. The molecule has 1 aliphatic heterocycles. The molecule has 1 fully saturated rings. The third-order valence-corrected chi connectivity index (χ3v) is 2.24. The van der Waals surface area contributed by atoms with Gasteiger partial charge in [-0.25, -0.2) is 0 Å². The number of carboxylic acid groups (broad SMARTS) is 1. The molecule has 0 bridgehead atoms. The Morgan fingerprint density at radius 1 is 1.64 bits per heavy atom. The lowest BCUT2D eigenvalue weighted by Crippen LogP contribution is -2.48. The Morgan fingerprint density at radius 2 is 2.29 bits per heavy atom. The van der Waals surface area contributed by atoms with Crippen molar-refractivity contribution < 1.29 is 19.7 Å². The van der Waals surface area contributed by atoms with E-state index in [4.69, 9.17) is 9.84 Å². The lowest BCUT2D eigenvalue weighted by atomic mass is 9.89. The summed E-state index contributed by atoms with van der Waals surface area (Å²) in [4.78, 5) is 10.2. The maximum Gasteiger partial charge on any atom is 0.306 e. The van der Waals surface area contributed by atoms with Crippen molar-refractivity contribution in [3.63, 3.8) is 0 Å². The van der Waals surface area contributed by atoms with Crippen molar-refractivity contribution >= 4 is 5.97 Å². The van der Waals surface area contributed by atoms with Gasteiger partial charge in [0.05, 0.1) is 25.7 Å². The number of hydrogen-bond acceptors (Lipinski definition) is 4. The monoisotopic (exact) mass is 203 g/mol. The van der Waals surface area contributed by atoms with Crippen molar-refractivity contribution in [1.82, 2.24) is 5.32 Å². The summed E-state index contributed by atoms with van der Waals surface area (Å²) in [5.74, 6) is -0.975. The minimum absolute atomic E-state index is 0.156. The van der Waals surface area contributed by atoms with Gasteiger partial charge in [-0.3, -0.25) is 4.79 Å². The zero-order chi connectivity index (χ0) is 10.6. The second-order valence-corrected chi connectivity index (χ2v) is 4.19. The van der Waals surface area contributed by atoms with E-state index in [1.807, 2.05) is 0 Å². The van der Waals surface area contributed by atoms with Gasteiger partial charge in [0.15, 0.2) is 0 Å². The van der Waals surface area contributed by atoms with E-state index in [1.165, 1.54) is 0 Å². The van der Waals surface area contributed by atoms with E-state index in [0.29, 0.717) is 6.54 Å². The minimum Gasteiger partial charge on any atom is -0.481 e. The Hall–Kier alpha value is -0.650. The lowest BCUT2D eigenvalue weighted by molar-refractivity contribution is -0.139. The molecule has 1 saturated heterocycles. The molecule has 5 heteroatoms. The molecule has 0 aliphatic carbocycles. The van der Waals surface area contributed by atoms with Crippen LogP contribution in [0.1, 0.15) is 13.3 Å². The summed E-state index contributed by atoms with van der Waals surface area (Å²) in [6.07, 6.45) is -1.02. The Labute approximate surface area is 83.1 Å². The third kappa shape index (κ3) is 3.61. The van der Waals surface area contributed by atoms with Gasteiger partial charge >= 0.3 is 5.97 Å². The van der Waals surface area contributed by atoms with E-state index in [1.54, 1.807) is 0 Å². The quantitative estimate of drug-likeness (QED) is 0.539. The molecule has 5 nitrogen and oxygen atoms in total. The molecule has 1 atom stereocenters. The Morgan fingerprint density at radius 3 is 2.71 bits per heavy atom. The molecule has 0 spiro atoms. The van der Waals surface area contributed by atoms with Crippen molar-refractivity contribution in [2.45, 2.75) is 19.4 Å². The van der Waals surface area contributed by atoms with Crippen LogP contribution in [0.2, 0.25) is 0 Å². The summed E-state index contributed by atoms with van der Waals surface area (Å²) in [6.45, 7) is 4.63. The molecule has 0 aromatic heterocycles. The zero-order valence-electron chi connectivity index (χ0n) is 8.32. The van der Waals surface area contributed by atoms with E-state index in [-0.39, 0.29) is 11.8 Å². The fraction of sp³-hybridized carbons (Fsp3) is 0.889. The molecular weight excluding hydrogens is 186 g/mol. The number of rotatable bonds is 6. The summed E-state index contributed by atoms with van der Waals surface area (Å²) < 4.78 is 5.06. The molecule has 1 heterocycles. The van der Waals surface area contributed by atoms with Crippen molar-refractivity contribution in [1.29, 1.82) is 0 Å². The van der Waals surface area contributed by atoms with Crippen LogP contribution in [0.4, 0.5) is 0 Å². The minimum atomic E-state index is -0.975. The molecule has 0 aromatic carbocycles. The molecule has 82 valence electrons. The highest BCUT2D eigenvalue weighted by Gasteiger charge is 2.32. The number of carbonyl (C=O) groups is 1. The number of ether oxygens (including phenoxy) is 1. The van der Waals surface area contributed by atoms with Crippen LogP contribution in [-0.2, 0) is 9.53 Å². The summed E-state index contributed by atoms with van der Waals surface area (Å²) in [5, 5.41) is 20.7. The van der Waals surface area contributed by atoms with Crippen molar-refractivity contribution in [2.24, 2.45) is 5.41 Å². The summed E-state index contributed by atoms with van der Waals surface area (Å²) >= 11 is 0. The van der Waals surface area contributed by atoms with E-state index >= 15 is 0 Å². The Kier molecular flexibility index (Phi) is 3.86. The van der Waals surface area contributed by atoms with E-state index in [2.05, 4.69) is 12.2 Å². The van der Waals surface area contributed by atoms with Crippen LogP contribution in [0.25, 0.3) is 0 Å².